The molecular formula is C34H31Cl2NO4. The van der Waals surface area contributed by atoms with Gasteiger partial charge in [-0.05, 0) is 66.6 Å². The molecule has 0 spiro atoms. The van der Waals surface area contributed by atoms with Gasteiger partial charge in [0.2, 0.25) is 0 Å². The predicted molar refractivity (Wildman–Crippen MR) is 160 cm³/mol. The van der Waals surface area contributed by atoms with Crippen LogP contribution in [0.5, 0.6) is 11.5 Å². The zero-order valence-corrected chi connectivity index (χ0v) is 24.4. The van der Waals surface area contributed by atoms with Crippen molar-refractivity contribution in [2.45, 2.75) is 57.6 Å². The number of allylic oxidation sites excluding steroid dienone is 4. The topological polar surface area (TPSA) is 55.8 Å². The molecule has 1 aliphatic heterocycles. The van der Waals surface area contributed by atoms with Gasteiger partial charge >= 0.3 is 0 Å². The van der Waals surface area contributed by atoms with E-state index < -0.39 is 5.92 Å². The van der Waals surface area contributed by atoms with Crippen molar-refractivity contribution >= 4 is 34.8 Å². The summed E-state index contributed by atoms with van der Waals surface area (Å²) in [6.07, 6.45) is 4.25. The van der Waals surface area contributed by atoms with Crippen molar-refractivity contribution in [3.05, 3.63) is 116 Å². The van der Waals surface area contributed by atoms with E-state index >= 15 is 0 Å². The first-order chi connectivity index (χ1) is 19.9. The molecule has 0 aromatic heterocycles. The Hall–Kier alpha value is -3.54. The van der Waals surface area contributed by atoms with Crippen molar-refractivity contribution in [2.24, 2.45) is 0 Å². The van der Waals surface area contributed by atoms with Gasteiger partial charge in [-0.2, -0.15) is 0 Å². The minimum absolute atomic E-state index is 0.123. The van der Waals surface area contributed by atoms with E-state index in [1.807, 2.05) is 42.5 Å². The van der Waals surface area contributed by atoms with Crippen LogP contribution in [0.2, 0.25) is 10.0 Å². The van der Waals surface area contributed by atoms with Gasteiger partial charge < -0.3 is 14.4 Å². The molecule has 7 heteroatoms. The standard InChI is InChI=1S/C34H31Cl2NO4/c1-40-31-18-23(14-16-30(31)41-20-22-13-15-24(35)25(36)17-22)32-33-26(9-5-11-28(33)38)37(19-21-7-3-2-4-8-21)27-10-6-12-29(39)34(27)32/h2-4,7-8,13-18,32H,5-6,9-12,19-20H2,1H3. The van der Waals surface area contributed by atoms with Crippen LogP contribution in [0.3, 0.4) is 0 Å². The van der Waals surface area contributed by atoms with E-state index in [-0.39, 0.29) is 18.2 Å². The summed E-state index contributed by atoms with van der Waals surface area (Å²) in [7, 11) is 1.60. The summed E-state index contributed by atoms with van der Waals surface area (Å²) in [5, 5.41) is 0.958. The molecular weight excluding hydrogens is 557 g/mol. The van der Waals surface area contributed by atoms with Gasteiger partial charge in [-0.15, -0.1) is 0 Å². The number of halogens is 2. The molecule has 41 heavy (non-hydrogen) atoms. The largest absolute Gasteiger partial charge is 0.493 e. The molecule has 5 nitrogen and oxygen atoms in total. The van der Waals surface area contributed by atoms with Crippen molar-refractivity contribution < 1.29 is 19.1 Å². The quantitative estimate of drug-likeness (QED) is 0.279. The molecule has 0 fully saturated rings. The Balaban J connectivity index is 1.40. The Morgan fingerprint density at radius 3 is 2.07 bits per heavy atom. The molecule has 0 saturated heterocycles. The zero-order chi connectivity index (χ0) is 28.5. The molecule has 3 aromatic rings. The number of ether oxygens (including phenoxy) is 2. The van der Waals surface area contributed by atoms with Gasteiger partial charge in [0, 0.05) is 47.8 Å². The number of carbonyl (C=O) groups excluding carboxylic acids is 2. The zero-order valence-electron chi connectivity index (χ0n) is 22.9. The number of nitrogens with zero attached hydrogens (tertiary/aromatic N) is 1. The normalized spacial score (nSPS) is 17.5. The van der Waals surface area contributed by atoms with Gasteiger partial charge in [-0.1, -0.05) is 65.7 Å². The maximum atomic E-state index is 13.6. The fraction of sp³-hybridized carbons (Fsp3) is 0.294. The Kier molecular flexibility index (Phi) is 7.92. The van der Waals surface area contributed by atoms with E-state index in [1.165, 1.54) is 0 Å². The summed E-state index contributed by atoms with van der Waals surface area (Å²) in [4.78, 5) is 29.5. The van der Waals surface area contributed by atoms with Crippen molar-refractivity contribution in [1.29, 1.82) is 0 Å². The van der Waals surface area contributed by atoms with Crippen LogP contribution in [-0.4, -0.2) is 23.6 Å². The van der Waals surface area contributed by atoms with Crippen molar-refractivity contribution in [3.63, 3.8) is 0 Å². The second-order valence-corrected chi connectivity index (χ2v) is 11.5. The molecule has 0 unspecified atom stereocenters. The Morgan fingerprint density at radius 1 is 0.756 bits per heavy atom. The highest BCUT2D eigenvalue weighted by Gasteiger charge is 2.43. The lowest BCUT2D eigenvalue weighted by atomic mass is 9.71. The highest BCUT2D eigenvalue weighted by atomic mass is 35.5. The van der Waals surface area contributed by atoms with E-state index in [9.17, 15) is 9.59 Å². The van der Waals surface area contributed by atoms with Crippen LogP contribution >= 0.6 is 23.2 Å². The smallest absolute Gasteiger partial charge is 0.161 e. The lowest BCUT2D eigenvalue weighted by Gasteiger charge is -2.44. The van der Waals surface area contributed by atoms with Crippen LogP contribution in [0.4, 0.5) is 0 Å². The first-order valence-electron chi connectivity index (χ1n) is 14.0. The molecule has 0 radical (unpaired) electrons. The average Bonchev–Trinajstić information content (AvgIpc) is 2.99. The fourth-order valence-electron chi connectivity index (χ4n) is 6.28. The number of carbonyl (C=O) groups is 2. The SMILES string of the molecule is COc1cc(C2C3=C(CCCC3=O)N(Cc3ccccc3)C3=C2C(=O)CCC3)ccc1OCc1ccc(Cl)c(Cl)c1. The molecule has 210 valence electrons. The van der Waals surface area contributed by atoms with E-state index in [2.05, 4.69) is 17.0 Å². The lowest BCUT2D eigenvalue weighted by molar-refractivity contribution is -0.117. The lowest BCUT2D eigenvalue weighted by Crippen LogP contribution is -2.38. The molecule has 3 aliphatic rings. The number of ketones is 2. The van der Waals surface area contributed by atoms with Crippen molar-refractivity contribution in [3.8, 4) is 11.5 Å². The van der Waals surface area contributed by atoms with E-state index in [0.29, 0.717) is 40.9 Å². The van der Waals surface area contributed by atoms with Gasteiger partial charge in [0.15, 0.2) is 23.1 Å². The summed E-state index contributed by atoms with van der Waals surface area (Å²) in [6.45, 7) is 0.933. The monoisotopic (exact) mass is 587 g/mol. The van der Waals surface area contributed by atoms with Gasteiger partial charge in [0.25, 0.3) is 0 Å². The number of Topliss-reactive ketones (excluding diaryl/α,β-unsaturated/α-hetero) is 2. The molecule has 1 heterocycles. The molecule has 0 bridgehead atoms. The van der Waals surface area contributed by atoms with E-state index in [4.69, 9.17) is 32.7 Å². The first-order valence-corrected chi connectivity index (χ1v) is 14.8. The summed E-state index contributed by atoms with van der Waals surface area (Å²) in [6, 6.07) is 21.4. The van der Waals surface area contributed by atoms with E-state index in [1.54, 1.807) is 19.2 Å². The third-order valence-corrected chi connectivity index (χ3v) is 8.91. The highest BCUT2D eigenvalue weighted by molar-refractivity contribution is 6.42. The Labute approximate surface area is 250 Å². The number of rotatable bonds is 7. The average molecular weight is 589 g/mol. The van der Waals surface area contributed by atoms with Crippen LogP contribution < -0.4 is 9.47 Å². The van der Waals surface area contributed by atoms with Crippen molar-refractivity contribution in [2.75, 3.05) is 7.11 Å². The van der Waals surface area contributed by atoms with Crippen LogP contribution in [0.25, 0.3) is 0 Å². The van der Waals surface area contributed by atoms with Gasteiger partial charge in [0.05, 0.1) is 17.2 Å². The molecule has 0 amide bonds. The maximum absolute atomic E-state index is 13.6. The van der Waals surface area contributed by atoms with Crippen molar-refractivity contribution in [1.82, 2.24) is 4.90 Å². The minimum Gasteiger partial charge on any atom is -0.493 e. The second-order valence-electron chi connectivity index (χ2n) is 10.7. The predicted octanol–water partition coefficient (Wildman–Crippen LogP) is 8.19. The minimum atomic E-state index is -0.411. The third kappa shape index (κ3) is 5.41. The summed E-state index contributed by atoms with van der Waals surface area (Å²) < 4.78 is 11.8. The number of benzene rings is 3. The van der Waals surface area contributed by atoms with Gasteiger partial charge in [-0.25, -0.2) is 0 Å². The summed E-state index contributed by atoms with van der Waals surface area (Å²) in [5.74, 6) is 0.948. The highest BCUT2D eigenvalue weighted by Crippen LogP contribution is 2.50. The molecule has 0 atom stereocenters. The van der Waals surface area contributed by atoms with Crippen LogP contribution in [0, 0.1) is 0 Å². The molecule has 0 saturated carbocycles. The summed E-state index contributed by atoms with van der Waals surface area (Å²) in [5.41, 5.74) is 6.53. The maximum Gasteiger partial charge on any atom is 0.161 e. The Morgan fingerprint density at radius 2 is 1.44 bits per heavy atom. The number of hydrogen-bond acceptors (Lipinski definition) is 5. The molecule has 0 N–H and O–H groups in total. The molecule has 2 aliphatic carbocycles. The van der Waals surface area contributed by atoms with Crippen LogP contribution in [0.15, 0.2) is 89.3 Å². The second kappa shape index (κ2) is 11.8. The van der Waals surface area contributed by atoms with E-state index in [0.717, 1.165) is 64.9 Å². The van der Waals surface area contributed by atoms with Crippen LogP contribution in [0.1, 0.15) is 61.1 Å². The molecule has 3 aromatic carbocycles. The third-order valence-electron chi connectivity index (χ3n) is 8.17. The Bertz CT molecular complexity index is 1530. The number of hydrogen-bond donors (Lipinski definition) is 0. The fourth-order valence-corrected chi connectivity index (χ4v) is 6.60. The number of methoxy groups -OCH3 is 1. The van der Waals surface area contributed by atoms with Gasteiger partial charge in [-0.3, -0.25) is 9.59 Å². The molecule has 6 rings (SSSR count). The summed E-state index contributed by atoms with van der Waals surface area (Å²) >= 11 is 12.2. The first kappa shape index (κ1) is 27.6. The van der Waals surface area contributed by atoms with Gasteiger partial charge in [0.1, 0.15) is 6.61 Å². The van der Waals surface area contributed by atoms with Crippen LogP contribution in [-0.2, 0) is 22.7 Å².